The maximum Gasteiger partial charge on any atom is 0.223 e. The van der Waals surface area contributed by atoms with Gasteiger partial charge in [-0.05, 0) is 30.4 Å². The number of allylic oxidation sites excluding steroid dienone is 1. The first-order chi connectivity index (χ1) is 11.7. The van der Waals surface area contributed by atoms with E-state index in [1.807, 2.05) is 30.3 Å². The van der Waals surface area contributed by atoms with E-state index >= 15 is 0 Å². The summed E-state index contributed by atoms with van der Waals surface area (Å²) in [7, 11) is 0. The van der Waals surface area contributed by atoms with Gasteiger partial charge in [0.05, 0.1) is 0 Å². The summed E-state index contributed by atoms with van der Waals surface area (Å²) in [6.45, 7) is 5.52. The topological polar surface area (TPSA) is 66.5 Å². The third kappa shape index (κ3) is 7.72. The Morgan fingerprint density at radius 3 is 2.46 bits per heavy atom. The van der Waals surface area contributed by atoms with Crippen LogP contribution in [0, 0.1) is 0 Å². The highest BCUT2D eigenvalue weighted by atomic mass is 16.2. The van der Waals surface area contributed by atoms with Gasteiger partial charge in [-0.2, -0.15) is 0 Å². The molecule has 0 fully saturated rings. The van der Waals surface area contributed by atoms with Gasteiger partial charge in [-0.1, -0.05) is 30.3 Å². The fourth-order valence-corrected chi connectivity index (χ4v) is 2.37. The molecule has 0 heterocycles. The van der Waals surface area contributed by atoms with Crippen molar-refractivity contribution in [3.63, 3.8) is 0 Å². The van der Waals surface area contributed by atoms with Crippen molar-refractivity contribution < 1.29 is 14.4 Å². The summed E-state index contributed by atoms with van der Waals surface area (Å²) in [6.07, 6.45) is 6.34. The van der Waals surface area contributed by atoms with Crippen LogP contribution in [0.4, 0.5) is 0 Å². The van der Waals surface area contributed by atoms with Gasteiger partial charge in [-0.15, -0.1) is 6.58 Å². The van der Waals surface area contributed by atoms with Crippen molar-refractivity contribution in [2.24, 2.45) is 0 Å². The number of nitrogens with one attached hydrogen (secondary N) is 1. The summed E-state index contributed by atoms with van der Waals surface area (Å²) in [4.78, 5) is 34.8. The predicted octanol–water partition coefficient (Wildman–Crippen LogP) is 2.25. The van der Waals surface area contributed by atoms with Gasteiger partial charge in [0, 0.05) is 32.5 Å². The van der Waals surface area contributed by atoms with E-state index in [4.69, 9.17) is 0 Å². The molecule has 1 aromatic carbocycles. The minimum atomic E-state index is 0.00502. The second kappa shape index (κ2) is 12.0. The monoisotopic (exact) mass is 330 g/mol. The van der Waals surface area contributed by atoms with Gasteiger partial charge in [0.2, 0.25) is 12.3 Å². The van der Waals surface area contributed by atoms with Crippen LogP contribution >= 0.6 is 0 Å². The van der Waals surface area contributed by atoms with Crippen molar-refractivity contribution in [2.45, 2.75) is 38.6 Å². The van der Waals surface area contributed by atoms with Crippen molar-refractivity contribution in [3.8, 4) is 0 Å². The van der Waals surface area contributed by atoms with E-state index in [1.54, 1.807) is 4.90 Å². The van der Waals surface area contributed by atoms with Gasteiger partial charge < -0.3 is 15.0 Å². The van der Waals surface area contributed by atoms with Gasteiger partial charge in [0.15, 0.2) is 0 Å². The van der Waals surface area contributed by atoms with Crippen LogP contribution in [0.3, 0.4) is 0 Å². The van der Waals surface area contributed by atoms with Gasteiger partial charge in [0.1, 0.15) is 6.29 Å². The fraction of sp³-hybridized carbons (Fsp3) is 0.421. The Bertz CT molecular complexity index is 526. The van der Waals surface area contributed by atoms with Crippen LogP contribution < -0.4 is 5.32 Å². The van der Waals surface area contributed by atoms with E-state index in [0.717, 1.165) is 36.7 Å². The molecule has 1 rings (SSSR count). The number of hydrogen-bond donors (Lipinski definition) is 1. The summed E-state index contributed by atoms with van der Waals surface area (Å²) in [6, 6.07) is 8.03. The molecule has 0 unspecified atom stereocenters. The molecule has 0 radical (unpaired) electrons. The van der Waals surface area contributed by atoms with Crippen LogP contribution in [-0.2, 0) is 27.3 Å². The number of benzene rings is 1. The van der Waals surface area contributed by atoms with Gasteiger partial charge in [0.25, 0.3) is 0 Å². The van der Waals surface area contributed by atoms with E-state index in [2.05, 4.69) is 11.9 Å². The fourth-order valence-electron chi connectivity index (χ4n) is 2.37. The molecule has 130 valence electrons. The largest absolute Gasteiger partial charge is 0.358 e. The van der Waals surface area contributed by atoms with E-state index < -0.39 is 0 Å². The Balaban J connectivity index is 2.62. The molecule has 5 heteroatoms. The van der Waals surface area contributed by atoms with Crippen molar-refractivity contribution in [1.82, 2.24) is 10.2 Å². The molecule has 0 aromatic heterocycles. The van der Waals surface area contributed by atoms with Gasteiger partial charge in [-0.3, -0.25) is 9.59 Å². The van der Waals surface area contributed by atoms with Crippen molar-refractivity contribution in [3.05, 3.63) is 48.0 Å². The third-order valence-corrected chi connectivity index (χ3v) is 3.70. The Hall–Kier alpha value is -2.43. The lowest BCUT2D eigenvalue weighted by Gasteiger charge is -2.22. The van der Waals surface area contributed by atoms with Crippen LogP contribution in [-0.4, -0.2) is 36.6 Å². The summed E-state index contributed by atoms with van der Waals surface area (Å²) in [5.41, 5.74) is 2.19. The molecule has 0 spiro atoms. The quantitative estimate of drug-likeness (QED) is 0.343. The summed E-state index contributed by atoms with van der Waals surface area (Å²) in [5.74, 6) is 0.00502. The van der Waals surface area contributed by atoms with Crippen molar-refractivity contribution >= 4 is 18.6 Å². The number of hydrogen-bond acceptors (Lipinski definition) is 3. The molecule has 0 atom stereocenters. The van der Waals surface area contributed by atoms with Crippen LogP contribution in [0.5, 0.6) is 0 Å². The van der Waals surface area contributed by atoms with Gasteiger partial charge in [-0.25, -0.2) is 0 Å². The zero-order valence-corrected chi connectivity index (χ0v) is 14.1. The molecule has 0 saturated carbocycles. The molecule has 0 aliphatic carbocycles. The van der Waals surface area contributed by atoms with Crippen LogP contribution in [0.2, 0.25) is 0 Å². The highest BCUT2D eigenvalue weighted by Gasteiger charge is 2.13. The normalized spacial score (nSPS) is 10.0. The molecule has 1 N–H and O–H groups in total. The highest BCUT2D eigenvalue weighted by molar-refractivity contribution is 5.78. The molecule has 0 aliphatic heterocycles. The molecular weight excluding hydrogens is 304 g/mol. The lowest BCUT2D eigenvalue weighted by Crippen LogP contribution is -2.31. The molecule has 0 bridgehead atoms. The minimum Gasteiger partial charge on any atom is -0.358 e. The molecule has 1 aromatic rings. The van der Waals surface area contributed by atoms with Crippen LogP contribution in [0.25, 0.3) is 0 Å². The number of aldehydes is 1. The van der Waals surface area contributed by atoms with Crippen molar-refractivity contribution in [2.75, 3.05) is 13.1 Å². The average Bonchev–Trinajstić information content (AvgIpc) is 2.60. The first-order valence-electron chi connectivity index (χ1n) is 8.28. The second-order valence-corrected chi connectivity index (χ2v) is 5.59. The molecule has 0 aliphatic rings. The average molecular weight is 330 g/mol. The maximum absolute atomic E-state index is 12.2. The Labute approximate surface area is 143 Å². The van der Waals surface area contributed by atoms with E-state index in [1.165, 1.54) is 0 Å². The number of unbranched alkanes of at least 4 members (excludes halogenated alkanes) is 1. The molecule has 5 nitrogen and oxygen atoms in total. The summed E-state index contributed by atoms with van der Waals surface area (Å²) >= 11 is 0. The van der Waals surface area contributed by atoms with E-state index in [9.17, 15) is 14.4 Å². The SMILES string of the molecule is C=CCCCN(Cc1ccc(CCNC=O)cc1)C(=O)CCC=O. The van der Waals surface area contributed by atoms with E-state index in [-0.39, 0.29) is 18.7 Å². The number of carbonyl (C=O) groups excluding carboxylic acids is 3. The third-order valence-electron chi connectivity index (χ3n) is 3.70. The lowest BCUT2D eigenvalue weighted by atomic mass is 10.1. The Morgan fingerprint density at radius 2 is 1.83 bits per heavy atom. The molecule has 2 amide bonds. The standard InChI is InChI=1S/C19H26N2O3/c1-2-3-4-13-21(19(24)6-5-14-22)15-18-9-7-17(8-10-18)11-12-20-16-23/h2,7-10,14,16H,1,3-6,11-13,15H2,(H,20,23). The minimum absolute atomic E-state index is 0.00502. The van der Waals surface area contributed by atoms with Crippen LogP contribution in [0.15, 0.2) is 36.9 Å². The Morgan fingerprint density at radius 1 is 1.12 bits per heavy atom. The molecule has 24 heavy (non-hydrogen) atoms. The maximum atomic E-state index is 12.2. The van der Waals surface area contributed by atoms with E-state index in [0.29, 0.717) is 26.0 Å². The lowest BCUT2D eigenvalue weighted by molar-refractivity contribution is -0.132. The summed E-state index contributed by atoms with van der Waals surface area (Å²) < 4.78 is 0. The number of nitrogens with zero attached hydrogens (tertiary/aromatic N) is 1. The Kier molecular flexibility index (Phi) is 9.85. The van der Waals surface area contributed by atoms with Crippen LogP contribution in [0.1, 0.15) is 36.8 Å². The first-order valence-corrected chi connectivity index (χ1v) is 8.28. The number of carbonyl (C=O) groups is 3. The van der Waals surface area contributed by atoms with Crippen molar-refractivity contribution in [1.29, 1.82) is 0 Å². The first kappa shape index (κ1) is 19.6. The zero-order valence-electron chi connectivity index (χ0n) is 14.1. The highest BCUT2D eigenvalue weighted by Crippen LogP contribution is 2.11. The summed E-state index contributed by atoms with van der Waals surface area (Å²) in [5, 5.41) is 2.64. The molecular formula is C19H26N2O3. The van der Waals surface area contributed by atoms with Gasteiger partial charge >= 0.3 is 0 Å². The number of rotatable bonds is 13. The predicted molar refractivity (Wildman–Crippen MR) is 94.4 cm³/mol. The zero-order chi connectivity index (χ0) is 17.6. The smallest absolute Gasteiger partial charge is 0.223 e. The number of amides is 2. The molecule has 0 saturated heterocycles. The second-order valence-electron chi connectivity index (χ2n) is 5.59.